The summed E-state index contributed by atoms with van der Waals surface area (Å²) in [6, 6.07) is 2.94. The molecule has 1 saturated heterocycles. The van der Waals surface area contributed by atoms with Crippen molar-refractivity contribution in [1.82, 2.24) is 15.1 Å². The number of rotatable bonds is 4. The quantitative estimate of drug-likeness (QED) is 0.897. The molecule has 1 aliphatic heterocycles. The normalized spacial score (nSPS) is 15.7. The first kappa shape index (κ1) is 16.4. The zero-order valence-electron chi connectivity index (χ0n) is 12.4. The summed E-state index contributed by atoms with van der Waals surface area (Å²) >= 11 is 0. The average Bonchev–Trinajstić information content (AvgIpc) is 2.47. The van der Waals surface area contributed by atoms with Gasteiger partial charge in [0.05, 0.1) is 12.1 Å². The topological polar surface area (TPSA) is 52.7 Å². The van der Waals surface area contributed by atoms with Crippen LogP contribution in [0.5, 0.6) is 0 Å². The smallest absolute Gasteiger partial charge is 0.256 e. The van der Waals surface area contributed by atoms with E-state index in [4.69, 9.17) is 0 Å². The van der Waals surface area contributed by atoms with Crippen molar-refractivity contribution in [1.29, 1.82) is 0 Å². The van der Waals surface area contributed by atoms with Crippen LogP contribution in [-0.4, -0.2) is 60.9 Å². The molecule has 1 fully saturated rings. The van der Waals surface area contributed by atoms with Gasteiger partial charge in [-0.25, -0.2) is 8.78 Å². The van der Waals surface area contributed by atoms with E-state index in [1.54, 1.807) is 0 Å². The first-order chi connectivity index (χ1) is 10.5. The summed E-state index contributed by atoms with van der Waals surface area (Å²) in [5.41, 5.74) is -0.126. The van der Waals surface area contributed by atoms with Gasteiger partial charge in [0.25, 0.3) is 5.91 Å². The summed E-state index contributed by atoms with van der Waals surface area (Å²) in [6.45, 7) is 4.65. The molecule has 1 heterocycles. The summed E-state index contributed by atoms with van der Waals surface area (Å²) in [7, 11) is 0. The number of benzene rings is 1. The van der Waals surface area contributed by atoms with Gasteiger partial charge in [0, 0.05) is 38.8 Å². The van der Waals surface area contributed by atoms with Gasteiger partial charge in [-0.3, -0.25) is 14.5 Å². The molecule has 0 radical (unpaired) electrons. The highest BCUT2D eigenvalue weighted by molar-refractivity contribution is 5.94. The minimum Gasteiger partial charge on any atom is -0.355 e. The Balaban J connectivity index is 1.91. The maximum Gasteiger partial charge on any atom is 0.256 e. The Kier molecular flexibility index (Phi) is 5.43. The number of likely N-dealkylation sites (N-methyl/N-ethyl adjacent to an activating group) is 1. The zero-order valence-corrected chi connectivity index (χ0v) is 12.4. The van der Waals surface area contributed by atoms with Crippen LogP contribution >= 0.6 is 0 Å². The number of nitrogens with zero attached hydrogens (tertiary/aromatic N) is 2. The summed E-state index contributed by atoms with van der Waals surface area (Å²) in [5, 5.41) is 2.72. The standard InChI is InChI=1S/C15H19F2N3O2/c1-2-18-14(21)10-19-5-7-20(8-6-19)15(22)12-4-3-11(16)9-13(12)17/h3-4,9H,2,5-8,10H2,1H3,(H,18,21). The lowest BCUT2D eigenvalue weighted by atomic mass is 10.1. The van der Waals surface area contributed by atoms with Gasteiger partial charge < -0.3 is 10.2 Å². The van der Waals surface area contributed by atoms with Crippen molar-refractivity contribution in [2.75, 3.05) is 39.3 Å². The van der Waals surface area contributed by atoms with Gasteiger partial charge in [-0.2, -0.15) is 0 Å². The minimum atomic E-state index is -0.852. The first-order valence-corrected chi connectivity index (χ1v) is 7.24. The number of halogens is 2. The minimum absolute atomic E-state index is 0.0492. The summed E-state index contributed by atoms with van der Waals surface area (Å²) in [6.07, 6.45) is 0. The number of hydrogen-bond donors (Lipinski definition) is 1. The Labute approximate surface area is 127 Å². The van der Waals surface area contributed by atoms with Gasteiger partial charge in [0.1, 0.15) is 11.6 Å². The Hall–Kier alpha value is -2.02. The van der Waals surface area contributed by atoms with E-state index >= 15 is 0 Å². The average molecular weight is 311 g/mol. The van der Waals surface area contributed by atoms with Crippen molar-refractivity contribution in [3.05, 3.63) is 35.4 Å². The molecule has 0 aromatic heterocycles. The third-order valence-corrected chi connectivity index (χ3v) is 3.56. The van der Waals surface area contributed by atoms with Crippen LogP contribution in [0.25, 0.3) is 0 Å². The number of amides is 2. The van der Waals surface area contributed by atoms with Crippen LogP contribution in [-0.2, 0) is 4.79 Å². The number of carbonyl (C=O) groups is 2. The fraction of sp³-hybridized carbons (Fsp3) is 0.467. The van der Waals surface area contributed by atoms with E-state index in [0.29, 0.717) is 45.3 Å². The predicted octanol–water partition coefficient (Wildman–Crippen LogP) is 0.859. The fourth-order valence-electron chi connectivity index (χ4n) is 2.40. The first-order valence-electron chi connectivity index (χ1n) is 7.24. The molecular formula is C15H19F2N3O2. The molecule has 0 unspecified atom stereocenters. The van der Waals surface area contributed by atoms with E-state index in [0.717, 1.165) is 12.1 Å². The summed E-state index contributed by atoms with van der Waals surface area (Å²) < 4.78 is 26.5. The van der Waals surface area contributed by atoms with Gasteiger partial charge in [-0.15, -0.1) is 0 Å². The number of nitrogens with one attached hydrogen (secondary N) is 1. The molecule has 120 valence electrons. The second kappa shape index (κ2) is 7.31. The van der Waals surface area contributed by atoms with Crippen LogP contribution in [0, 0.1) is 11.6 Å². The highest BCUT2D eigenvalue weighted by atomic mass is 19.1. The van der Waals surface area contributed by atoms with E-state index < -0.39 is 17.5 Å². The van der Waals surface area contributed by atoms with Crippen LogP contribution in [0.3, 0.4) is 0 Å². The summed E-state index contributed by atoms with van der Waals surface area (Å²) in [4.78, 5) is 27.2. The Morgan fingerprint density at radius 2 is 1.86 bits per heavy atom. The molecule has 7 heteroatoms. The SMILES string of the molecule is CCNC(=O)CN1CCN(C(=O)c2ccc(F)cc2F)CC1. The highest BCUT2D eigenvalue weighted by Gasteiger charge is 2.25. The molecule has 1 aromatic carbocycles. The van der Waals surface area contributed by atoms with Crippen LogP contribution in [0.2, 0.25) is 0 Å². The lowest BCUT2D eigenvalue weighted by Gasteiger charge is -2.34. The van der Waals surface area contributed by atoms with E-state index in [2.05, 4.69) is 5.32 Å². The fourth-order valence-corrected chi connectivity index (χ4v) is 2.40. The molecule has 22 heavy (non-hydrogen) atoms. The molecule has 0 spiro atoms. The van der Waals surface area contributed by atoms with Crippen LogP contribution in [0.4, 0.5) is 8.78 Å². The molecule has 5 nitrogen and oxygen atoms in total. The Bertz CT molecular complexity index is 558. The molecule has 2 rings (SSSR count). The second-order valence-electron chi connectivity index (χ2n) is 5.15. The Morgan fingerprint density at radius 1 is 1.18 bits per heavy atom. The van der Waals surface area contributed by atoms with Gasteiger partial charge >= 0.3 is 0 Å². The largest absolute Gasteiger partial charge is 0.355 e. The molecule has 1 aromatic rings. The van der Waals surface area contributed by atoms with Gasteiger partial charge in [0.2, 0.25) is 5.91 Å². The van der Waals surface area contributed by atoms with Gasteiger partial charge in [-0.1, -0.05) is 0 Å². The van der Waals surface area contributed by atoms with E-state index in [1.807, 2.05) is 11.8 Å². The molecular weight excluding hydrogens is 292 g/mol. The lowest BCUT2D eigenvalue weighted by molar-refractivity contribution is -0.122. The van der Waals surface area contributed by atoms with Crippen molar-refractivity contribution in [2.24, 2.45) is 0 Å². The van der Waals surface area contributed by atoms with E-state index in [9.17, 15) is 18.4 Å². The van der Waals surface area contributed by atoms with Crippen molar-refractivity contribution >= 4 is 11.8 Å². The Morgan fingerprint density at radius 3 is 2.45 bits per heavy atom. The number of hydrogen-bond acceptors (Lipinski definition) is 3. The highest BCUT2D eigenvalue weighted by Crippen LogP contribution is 2.14. The summed E-state index contributed by atoms with van der Waals surface area (Å²) in [5.74, 6) is -2.06. The van der Waals surface area contributed by atoms with E-state index in [1.165, 1.54) is 4.90 Å². The van der Waals surface area contributed by atoms with Gasteiger partial charge in [-0.05, 0) is 19.1 Å². The molecule has 0 saturated carbocycles. The molecule has 1 aliphatic rings. The second-order valence-corrected chi connectivity index (χ2v) is 5.15. The van der Waals surface area contributed by atoms with Crippen LogP contribution in [0.15, 0.2) is 18.2 Å². The monoisotopic (exact) mass is 311 g/mol. The van der Waals surface area contributed by atoms with Crippen LogP contribution in [0.1, 0.15) is 17.3 Å². The maximum atomic E-state index is 13.6. The third kappa shape index (κ3) is 4.00. The maximum absolute atomic E-state index is 13.6. The molecule has 1 N–H and O–H groups in total. The zero-order chi connectivity index (χ0) is 16.1. The van der Waals surface area contributed by atoms with Crippen LogP contribution < -0.4 is 5.32 Å². The van der Waals surface area contributed by atoms with Crippen molar-refractivity contribution in [2.45, 2.75) is 6.92 Å². The molecule has 0 atom stereocenters. The third-order valence-electron chi connectivity index (χ3n) is 3.56. The van der Waals surface area contributed by atoms with Gasteiger partial charge in [0.15, 0.2) is 0 Å². The number of piperazine rings is 1. The molecule has 2 amide bonds. The molecule has 0 bridgehead atoms. The van der Waals surface area contributed by atoms with Crippen molar-refractivity contribution in [3.8, 4) is 0 Å². The number of carbonyl (C=O) groups excluding carboxylic acids is 2. The predicted molar refractivity (Wildman–Crippen MR) is 77.4 cm³/mol. The van der Waals surface area contributed by atoms with Crippen molar-refractivity contribution < 1.29 is 18.4 Å². The lowest BCUT2D eigenvalue weighted by Crippen LogP contribution is -2.51. The molecule has 0 aliphatic carbocycles. The van der Waals surface area contributed by atoms with Crippen molar-refractivity contribution in [3.63, 3.8) is 0 Å². The van der Waals surface area contributed by atoms with E-state index in [-0.39, 0.29) is 11.5 Å².